The Balaban J connectivity index is 2.16. The van der Waals surface area contributed by atoms with E-state index in [4.69, 9.17) is 10.3 Å². The average molecular weight is 281 g/mol. The molecular formula is C12H13BrN2O. The van der Waals surface area contributed by atoms with Gasteiger partial charge in [-0.15, -0.1) is 0 Å². The number of hydrazine groups is 1. The summed E-state index contributed by atoms with van der Waals surface area (Å²) in [7, 11) is 0. The van der Waals surface area contributed by atoms with Gasteiger partial charge in [0.2, 0.25) is 0 Å². The van der Waals surface area contributed by atoms with Gasteiger partial charge in [0.05, 0.1) is 12.3 Å². The highest BCUT2D eigenvalue weighted by molar-refractivity contribution is 9.10. The van der Waals surface area contributed by atoms with Crippen LogP contribution in [0.25, 0.3) is 0 Å². The van der Waals surface area contributed by atoms with E-state index in [1.807, 2.05) is 24.3 Å². The molecule has 1 unspecified atom stereocenters. The first kappa shape index (κ1) is 11.4. The summed E-state index contributed by atoms with van der Waals surface area (Å²) in [6.45, 7) is 0. The third kappa shape index (κ3) is 2.52. The lowest BCUT2D eigenvalue weighted by molar-refractivity contribution is 0.507. The second-order valence-electron chi connectivity index (χ2n) is 3.56. The van der Waals surface area contributed by atoms with Gasteiger partial charge in [-0.25, -0.2) is 0 Å². The molecule has 0 fully saturated rings. The van der Waals surface area contributed by atoms with Crippen LogP contribution >= 0.6 is 15.9 Å². The van der Waals surface area contributed by atoms with Crippen molar-refractivity contribution >= 4 is 15.9 Å². The summed E-state index contributed by atoms with van der Waals surface area (Å²) in [6, 6.07) is 12.2. The lowest BCUT2D eigenvalue weighted by atomic mass is 10.0. The Bertz CT molecular complexity index is 441. The number of nitrogens with one attached hydrogen (secondary N) is 1. The van der Waals surface area contributed by atoms with Crippen LogP contribution in [0.15, 0.2) is 51.7 Å². The number of hydrogen-bond donors (Lipinski definition) is 2. The van der Waals surface area contributed by atoms with E-state index in [1.165, 1.54) is 5.56 Å². The van der Waals surface area contributed by atoms with Gasteiger partial charge < -0.3 is 4.42 Å². The third-order valence-electron chi connectivity index (χ3n) is 2.51. The van der Waals surface area contributed by atoms with Gasteiger partial charge in [0.25, 0.3) is 0 Å². The summed E-state index contributed by atoms with van der Waals surface area (Å²) in [4.78, 5) is 0. The van der Waals surface area contributed by atoms with Crippen LogP contribution in [0.3, 0.4) is 0 Å². The quantitative estimate of drug-likeness (QED) is 0.669. The van der Waals surface area contributed by atoms with Crippen LogP contribution in [0, 0.1) is 0 Å². The fourth-order valence-electron chi connectivity index (χ4n) is 1.66. The summed E-state index contributed by atoms with van der Waals surface area (Å²) in [5.41, 5.74) is 5.07. The Kier molecular flexibility index (Phi) is 3.77. The molecule has 0 spiro atoms. The molecule has 3 nitrogen and oxygen atoms in total. The number of halogens is 1. The van der Waals surface area contributed by atoms with Crippen LogP contribution in [-0.4, -0.2) is 0 Å². The molecule has 0 bridgehead atoms. The molecule has 0 saturated carbocycles. The summed E-state index contributed by atoms with van der Waals surface area (Å²) in [6.07, 6.45) is 2.48. The Hall–Kier alpha value is -1.10. The topological polar surface area (TPSA) is 51.2 Å². The molecule has 84 valence electrons. The van der Waals surface area contributed by atoms with E-state index >= 15 is 0 Å². The number of rotatable bonds is 4. The highest BCUT2D eigenvalue weighted by atomic mass is 79.9. The van der Waals surface area contributed by atoms with E-state index in [0.29, 0.717) is 0 Å². The Morgan fingerprint density at radius 3 is 2.56 bits per heavy atom. The second kappa shape index (κ2) is 5.30. The van der Waals surface area contributed by atoms with Crippen molar-refractivity contribution in [3.05, 3.63) is 58.5 Å². The second-order valence-corrected chi connectivity index (χ2v) is 4.28. The third-order valence-corrected chi connectivity index (χ3v) is 3.15. The van der Waals surface area contributed by atoms with E-state index in [0.717, 1.165) is 16.7 Å². The number of furan rings is 1. The first-order valence-electron chi connectivity index (χ1n) is 5.04. The zero-order valence-corrected chi connectivity index (χ0v) is 10.3. The minimum absolute atomic E-state index is 0.0514. The Labute approximate surface area is 103 Å². The standard InChI is InChI=1S/C12H13BrN2O/c13-12-10(6-7-16-12)11(15-14)8-9-4-2-1-3-5-9/h1-7,11,15H,8,14H2. The highest BCUT2D eigenvalue weighted by Gasteiger charge is 2.15. The molecule has 3 N–H and O–H groups in total. The van der Waals surface area contributed by atoms with Crippen molar-refractivity contribution in [1.29, 1.82) is 0 Å². The number of nitrogens with two attached hydrogens (primary N) is 1. The van der Waals surface area contributed by atoms with Crippen molar-refractivity contribution in [3.63, 3.8) is 0 Å². The SMILES string of the molecule is NNC(Cc1ccccc1)c1ccoc1Br. The molecule has 1 heterocycles. The van der Waals surface area contributed by atoms with Crippen LogP contribution in [-0.2, 0) is 6.42 Å². The summed E-state index contributed by atoms with van der Waals surface area (Å²) in [5, 5.41) is 0. The molecule has 1 aromatic carbocycles. The fourth-order valence-corrected chi connectivity index (χ4v) is 2.18. The van der Waals surface area contributed by atoms with E-state index < -0.39 is 0 Å². The van der Waals surface area contributed by atoms with Gasteiger partial charge in [-0.2, -0.15) is 0 Å². The molecule has 0 amide bonds. The fraction of sp³-hybridized carbons (Fsp3) is 0.167. The van der Waals surface area contributed by atoms with Gasteiger partial charge in [-0.1, -0.05) is 30.3 Å². The van der Waals surface area contributed by atoms with Crippen LogP contribution in [0.2, 0.25) is 0 Å². The molecule has 2 rings (SSSR count). The van der Waals surface area contributed by atoms with Crippen LogP contribution < -0.4 is 11.3 Å². The van der Waals surface area contributed by atoms with E-state index in [9.17, 15) is 0 Å². The minimum atomic E-state index is 0.0514. The zero-order chi connectivity index (χ0) is 11.4. The van der Waals surface area contributed by atoms with Crippen molar-refractivity contribution in [2.24, 2.45) is 5.84 Å². The normalized spacial score (nSPS) is 12.6. The van der Waals surface area contributed by atoms with Crippen molar-refractivity contribution in [3.8, 4) is 0 Å². The lowest BCUT2D eigenvalue weighted by Gasteiger charge is -2.14. The maximum atomic E-state index is 5.57. The van der Waals surface area contributed by atoms with E-state index in [-0.39, 0.29) is 6.04 Å². The highest BCUT2D eigenvalue weighted by Crippen LogP contribution is 2.26. The van der Waals surface area contributed by atoms with Crippen molar-refractivity contribution in [1.82, 2.24) is 5.43 Å². The number of benzene rings is 1. The molecular weight excluding hydrogens is 268 g/mol. The molecule has 0 aliphatic carbocycles. The molecule has 0 aliphatic heterocycles. The van der Waals surface area contributed by atoms with Crippen LogP contribution in [0.4, 0.5) is 0 Å². The first-order valence-corrected chi connectivity index (χ1v) is 5.83. The van der Waals surface area contributed by atoms with Crippen LogP contribution in [0.5, 0.6) is 0 Å². The lowest BCUT2D eigenvalue weighted by Crippen LogP contribution is -2.29. The zero-order valence-electron chi connectivity index (χ0n) is 8.69. The van der Waals surface area contributed by atoms with Gasteiger partial charge in [0, 0.05) is 5.56 Å². The van der Waals surface area contributed by atoms with E-state index in [1.54, 1.807) is 6.26 Å². The summed E-state index contributed by atoms with van der Waals surface area (Å²) >= 11 is 3.36. The average Bonchev–Trinajstić information content (AvgIpc) is 2.74. The minimum Gasteiger partial charge on any atom is -0.457 e. The van der Waals surface area contributed by atoms with Gasteiger partial charge in [-0.3, -0.25) is 11.3 Å². The van der Waals surface area contributed by atoms with Gasteiger partial charge in [-0.05, 0) is 34.0 Å². The maximum absolute atomic E-state index is 5.57. The molecule has 0 radical (unpaired) electrons. The van der Waals surface area contributed by atoms with E-state index in [2.05, 4.69) is 33.5 Å². The molecule has 16 heavy (non-hydrogen) atoms. The summed E-state index contributed by atoms with van der Waals surface area (Å²) < 4.78 is 5.93. The van der Waals surface area contributed by atoms with Crippen LogP contribution in [0.1, 0.15) is 17.2 Å². The number of hydrogen-bond acceptors (Lipinski definition) is 3. The molecule has 0 saturated heterocycles. The Morgan fingerprint density at radius 2 is 2.00 bits per heavy atom. The monoisotopic (exact) mass is 280 g/mol. The van der Waals surface area contributed by atoms with Gasteiger partial charge >= 0.3 is 0 Å². The molecule has 0 aliphatic rings. The van der Waals surface area contributed by atoms with Gasteiger partial charge in [0.1, 0.15) is 0 Å². The first-order chi connectivity index (χ1) is 7.81. The van der Waals surface area contributed by atoms with Crippen molar-refractivity contribution < 1.29 is 4.42 Å². The predicted octanol–water partition coefficient (Wildman–Crippen LogP) is 2.79. The molecule has 4 heteroatoms. The largest absolute Gasteiger partial charge is 0.457 e. The Morgan fingerprint density at radius 1 is 1.25 bits per heavy atom. The van der Waals surface area contributed by atoms with Crippen molar-refractivity contribution in [2.45, 2.75) is 12.5 Å². The smallest absolute Gasteiger partial charge is 0.173 e. The predicted molar refractivity (Wildman–Crippen MR) is 66.6 cm³/mol. The molecule has 1 aromatic heterocycles. The maximum Gasteiger partial charge on any atom is 0.173 e. The van der Waals surface area contributed by atoms with Crippen molar-refractivity contribution in [2.75, 3.05) is 0 Å². The summed E-state index contributed by atoms with van der Waals surface area (Å²) in [5.74, 6) is 5.57. The van der Waals surface area contributed by atoms with Gasteiger partial charge in [0.15, 0.2) is 4.67 Å². The molecule has 1 atom stereocenters. The molecule has 2 aromatic rings.